The number of likely N-dealkylation sites (N-methyl/N-ethyl adjacent to an activating group) is 2. The van der Waals surface area contributed by atoms with E-state index in [1.165, 1.54) is 31.9 Å². The minimum atomic E-state index is -0.380. The topological polar surface area (TPSA) is 45.6 Å². The van der Waals surface area contributed by atoms with E-state index in [0.717, 1.165) is 20.9 Å². The second-order valence-corrected chi connectivity index (χ2v) is 8.57. The molecular formula is C23H17N3O2S2. The number of nitrogens with zero attached hydrogens (tertiary/aromatic N) is 3. The van der Waals surface area contributed by atoms with Crippen molar-refractivity contribution in [2.24, 2.45) is 0 Å². The molecule has 0 aliphatic carbocycles. The third-order valence-corrected chi connectivity index (χ3v) is 6.91. The Hall–Kier alpha value is -3.29. The SMILES string of the molecule is CN1C(=O)C(=Cc2ccc(-n3c4ccccc4c4ccccc43)s2)C(=O)N(C)C1=S. The summed E-state index contributed by atoms with van der Waals surface area (Å²) in [5, 5.41) is 3.61. The minimum absolute atomic E-state index is 0.115. The molecule has 0 atom stereocenters. The van der Waals surface area contributed by atoms with Crippen LogP contribution in [-0.4, -0.2) is 45.4 Å². The highest BCUT2D eigenvalue weighted by Crippen LogP contribution is 2.35. The van der Waals surface area contributed by atoms with Crippen LogP contribution >= 0.6 is 23.6 Å². The van der Waals surface area contributed by atoms with Crippen molar-refractivity contribution in [1.29, 1.82) is 0 Å². The number of fused-ring (bicyclic) bond motifs is 3. The van der Waals surface area contributed by atoms with Gasteiger partial charge in [0.05, 0.1) is 11.0 Å². The van der Waals surface area contributed by atoms with E-state index in [1.807, 2.05) is 36.4 Å². The summed E-state index contributed by atoms with van der Waals surface area (Å²) in [4.78, 5) is 28.7. The molecule has 3 heterocycles. The molecule has 5 rings (SSSR count). The van der Waals surface area contributed by atoms with Crippen LogP contribution < -0.4 is 0 Å². The zero-order valence-electron chi connectivity index (χ0n) is 16.3. The smallest absolute Gasteiger partial charge is 0.265 e. The van der Waals surface area contributed by atoms with Crippen LogP contribution in [0.4, 0.5) is 0 Å². The van der Waals surface area contributed by atoms with Crippen LogP contribution in [0.1, 0.15) is 4.88 Å². The lowest BCUT2D eigenvalue weighted by Crippen LogP contribution is -2.52. The number of hydrogen-bond acceptors (Lipinski definition) is 4. The summed E-state index contributed by atoms with van der Waals surface area (Å²) in [5.41, 5.74) is 2.35. The number of thiocarbonyl (C=S) groups is 1. The summed E-state index contributed by atoms with van der Waals surface area (Å²) < 4.78 is 2.22. The van der Waals surface area contributed by atoms with Gasteiger partial charge in [-0.05, 0) is 42.6 Å². The Balaban J connectivity index is 1.64. The van der Waals surface area contributed by atoms with Gasteiger partial charge in [0, 0.05) is 29.7 Å². The van der Waals surface area contributed by atoms with Gasteiger partial charge in [0.2, 0.25) is 0 Å². The van der Waals surface area contributed by atoms with E-state index in [4.69, 9.17) is 12.2 Å². The van der Waals surface area contributed by atoms with E-state index in [1.54, 1.807) is 20.2 Å². The number of amides is 2. The number of rotatable bonds is 2. The lowest BCUT2D eigenvalue weighted by molar-refractivity contribution is -0.132. The number of hydrogen-bond donors (Lipinski definition) is 0. The van der Waals surface area contributed by atoms with E-state index in [2.05, 4.69) is 28.8 Å². The zero-order valence-corrected chi connectivity index (χ0v) is 18.0. The number of para-hydroxylation sites is 2. The van der Waals surface area contributed by atoms with Gasteiger partial charge in [-0.3, -0.25) is 19.4 Å². The van der Waals surface area contributed by atoms with Gasteiger partial charge in [-0.15, -0.1) is 11.3 Å². The van der Waals surface area contributed by atoms with E-state index in [9.17, 15) is 9.59 Å². The molecule has 0 unspecified atom stereocenters. The summed E-state index contributed by atoms with van der Waals surface area (Å²) in [7, 11) is 3.17. The lowest BCUT2D eigenvalue weighted by Gasteiger charge is -2.31. The largest absolute Gasteiger partial charge is 0.301 e. The van der Waals surface area contributed by atoms with Crippen molar-refractivity contribution in [3.8, 4) is 5.00 Å². The quantitative estimate of drug-likeness (QED) is 0.268. The second-order valence-electron chi connectivity index (χ2n) is 7.11. The molecule has 0 spiro atoms. The summed E-state index contributed by atoms with van der Waals surface area (Å²) in [6, 6.07) is 20.6. The fourth-order valence-corrected chi connectivity index (χ4v) is 4.96. The fraction of sp³-hybridized carbons (Fsp3) is 0.0870. The van der Waals surface area contributed by atoms with Crippen molar-refractivity contribution in [2.75, 3.05) is 14.1 Å². The molecule has 148 valence electrons. The third kappa shape index (κ3) is 2.70. The van der Waals surface area contributed by atoms with E-state index < -0.39 is 0 Å². The standard InChI is InChI=1S/C23H17N3O2S2/c1-24-21(27)17(22(28)25(2)23(24)29)13-14-11-12-20(30-14)26-18-9-5-3-7-15(18)16-8-4-6-10-19(16)26/h3-13H,1-2H3. The van der Waals surface area contributed by atoms with Crippen LogP contribution in [0.2, 0.25) is 0 Å². The Morgan fingerprint density at radius 3 is 1.90 bits per heavy atom. The lowest BCUT2D eigenvalue weighted by atomic mass is 10.1. The normalized spacial score (nSPS) is 15.0. The Bertz CT molecular complexity index is 1320. The summed E-state index contributed by atoms with van der Waals surface area (Å²) in [6.45, 7) is 0. The molecule has 2 aromatic heterocycles. The molecule has 2 aromatic carbocycles. The number of benzene rings is 2. The number of aromatic nitrogens is 1. The van der Waals surface area contributed by atoms with Crippen molar-refractivity contribution >= 4 is 68.4 Å². The van der Waals surface area contributed by atoms with Crippen LogP contribution in [0.15, 0.2) is 66.2 Å². The molecule has 1 aliphatic heterocycles. The molecule has 4 aromatic rings. The van der Waals surface area contributed by atoms with Crippen molar-refractivity contribution in [2.45, 2.75) is 0 Å². The Labute approximate surface area is 182 Å². The van der Waals surface area contributed by atoms with Crippen LogP contribution in [-0.2, 0) is 9.59 Å². The van der Waals surface area contributed by atoms with Gasteiger partial charge < -0.3 is 4.57 Å². The first kappa shape index (κ1) is 18.7. The Kier molecular flexibility index (Phi) is 4.30. The van der Waals surface area contributed by atoms with Crippen LogP contribution in [0, 0.1) is 0 Å². The van der Waals surface area contributed by atoms with Crippen molar-refractivity contribution in [3.63, 3.8) is 0 Å². The van der Waals surface area contributed by atoms with Gasteiger partial charge in [0.15, 0.2) is 5.11 Å². The zero-order chi connectivity index (χ0) is 21.0. The summed E-state index contributed by atoms with van der Waals surface area (Å²) in [5.74, 6) is -0.759. The maximum Gasteiger partial charge on any atom is 0.265 e. The van der Waals surface area contributed by atoms with E-state index in [-0.39, 0.29) is 22.5 Å². The highest BCUT2D eigenvalue weighted by atomic mass is 32.1. The van der Waals surface area contributed by atoms with Crippen LogP contribution in [0.5, 0.6) is 0 Å². The van der Waals surface area contributed by atoms with Crippen molar-refractivity contribution in [1.82, 2.24) is 14.4 Å². The van der Waals surface area contributed by atoms with Gasteiger partial charge in [-0.1, -0.05) is 36.4 Å². The molecule has 2 amide bonds. The third-order valence-electron chi connectivity index (χ3n) is 5.34. The maximum atomic E-state index is 12.6. The Morgan fingerprint density at radius 2 is 1.33 bits per heavy atom. The molecule has 0 N–H and O–H groups in total. The van der Waals surface area contributed by atoms with Gasteiger partial charge in [-0.2, -0.15) is 0 Å². The molecule has 1 saturated heterocycles. The molecule has 1 aliphatic rings. The molecule has 5 nitrogen and oxygen atoms in total. The summed E-state index contributed by atoms with van der Waals surface area (Å²) in [6.07, 6.45) is 1.65. The minimum Gasteiger partial charge on any atom is -0.301 e. The average Bonchev–Trinajstić information content (AvgIpc) is 3.36. The predicted molar refractivity (Wildman–Crippen MR) is 125 cm³/mol. The first-order valence-corrected chi connectivity index (χ1v) is 10.6. The van der Waals surface area contributed by atoms with Crippen LogP contribution in [0.25, 0.3) is 32.9 Å². The second kappa shape index (κ2) is 6.90. The van der Waals surface area contributed by atoms with Gasteiger partial charge in [0.25, 0.3) is 11.8 Å². The highest BCUT2D eigenvalue weighted by Gasteiger charge is 2.35. The maximum absolute atomic E-state index is 12.6. The van der Waals surface area contributed by atoms with Crippen LogP contribution in [0.3, 0.4) is 0 Å². The average molecular weight is 432 g/mol. The highest BCUT2D eigenvalue weighted by molar-refractivity contribution is 7.80. The number of thiophene rings is 1. The van der Waals surface area contributed by atoms with Crippen molar-refractivity contribution in [3.05, 3.63) is 71.1 Å². The monoisotopic (exact) mass is 431 g/mol. The molecular weight excluding hydrogens is 414 g/mol. The Morgan fingerprint density at radius 1 is 0.800 bits per heavy atom. The van der Waals surface area contributed by atoms with Gasteiger partial charge in [0.1, 0.15) is 10.6 Å². The predicted octanol–water partition coefficient (Wildman–Crippen LogP) is 4.44. The van der Waals surface area contributed by atoms with E-state index >= 15 is 0 Å². The molecule has 0 radical (unpaired) electrons. The molecule has 1 fully saturated rings. The number of carbonyl (C=O) groups is 2. The van der Waals surface area contributed by atoms with Gasteiger partial charge in [-0.25, -0.2) is 0 Å². The van der Waals surface area contributed by atoms with Crippen molar-refractivity contribution < 1.29 is 9.59 Å². The van der Waals surface area contributed by atoms with Gasteiger partial charge >= 0.3 is 0 Å². The molecule has 30 heavy (non-hydrogen) atoms. The van der Waals surface area contributed by atoms with E-state index in [0.29, 0.717) is 0 Å². The molecule has 0 bridgehead atoms. The molecule has 7 heteroatoms. The first-order chi connectivity index (χ1) is 14.5. The summed E-state index contributed by atoms with van der Waals surface area (Å²) >= 11 is 6.69. The molecule has 0 saturated carbocycles. The first-order valence-electron chi connectivity index (χ1n) is 9.37. The number of carbonyl (C=O) groups excluding carboxylic acids is 2. The fourth-order valence-electron chi connectivity index (χ4n) is 3.82.